The lowest BCUT2D eigenvalue weighted by atomic mass is 10.0. The standard InChI is InChI=1S/C17H23ClN4O3/c1-10(2)11-7-14(24-4)12(18)8-13(11)25-15-9-21-17(22-16(15)19)20-5-6-23-3/h7-10H,5-6H2,1-4H3,(H3,19,20,21,22). The fourth-order valence-electron chi connectivity index (χ4n) is 2.18. The maximum Gasteiger partial charge on any atom is 0.224 e. The van der Waals surface area contributed by atoms with Gasteiger partial charge in [0.2, 0.25) is 5.95 Å². The minimum absolute atomic E-state index is 0.207. The van der Waals surface area contributed by atoms with Crippen molar-refractivity contribution >= 4 is 23.4 Å². The van der Waals surface area contributed by atoms with E-state index in [9.17, 15) is 0 Å². The molecular weight excluding hydrogens is 344 g/mol. The molecule has 1 heterocycles. The van der Waals surface area contributed by atoms with Gasteiger partial charge in [-0.1, -0.05) is 25.4 Å². The van der Waals surface area contributed by atoms with E-state index in [4.69, 9.17) is 31.5 Å². The van der Waals surface area contributed by atoms with E-state index >= 15 is 0 Å². The van der Waals surface area contributed by atoms with Gasteiger partial charge < -0.3 is 25.3 Å². The topological polar surface area (TPSA) is 91.5 Å². The summed E-state index contributed by atoms with van der Waals surface area (Å²) in [4.78, 5) is 8.39. The second-order valence-electron chi connectivity index (χ2n) is 5.64. The summed E-state index contributed by atoms with van der Waals surface area (Å²) in [5.41, 5.74) is 6.94. The summed E-state index contributed by atoms with van der Waals surface area (Å²) in [6.45, 7) is 5.24. The molecule has 25 heavy (non-hydrogen) atoms. The molecule has 0 bridgehead atoms. The third kappa shape index (κ3) is 4.87. The molecule has 0 radical (unpaired) electrons. The molecule has 1 aromatic carbocycles. The Balaban J connectivity index is 2.25. The van der Waals surface area contributed by atoms with E-state index in [0.29, 0.717) is 41.4 Å². The zero-order valence-corrected chi connectivity index (χ0v) is 15.6. The summed E-state index contributed by atoms with van der Waals surface area (Å²) in [6.07, 6.45) is 1.53. The number of nitrogens with one attached hydrogen (secondary N) is 1. The third-order valence-corrected chi connectivity index (χ3v) is 3.79. The van der Waals surface area contributed by atoms with Crippen molar-refractivity contribution in [2.24, 2.45) is 0 Å². The molecule has 136 valence electrons. The number of hydrogen-bond donors (Lipinski definition) is 2. The first-order valence-electron chi connectivity index (χ1n) is 7.86. The Kier molecular flexibility index (Phi) is 6.66. The van der Waals surface area contributed by atoms with E-state index in [1.54, 1.807) is 20.3 Å². The largest absolute Gasteiger partial charge is 0.495 e. The van der Waals surface area contributed by atoms with Gasteiger partial charge in [-0.25, -0.2) is 4.98 Å². The Morgan fingerprint density at radius 3 is 2.56 bits per heavy atom. The second-order valence-corrected chi connectivity index (χ2v) is 6.05. The fraction of sp³-hybridized carbons (Fsp3) is 0.412. The Morgan fingerprint density at radius 2 is 1.96 bits per heavy atom. The number of methoxy groups -OCH3 is 2. The normalized spacial score (nSPS) is 10.8. The lowest BCUT2D eigenvalue weighted by Gasteiger charge is -2.17. The van der Waals surface area contributed by atoms with E-state index < -0.39 is 0 Å². The molecule has 8 heteroatoms. The van der Waals surface area contributed by atoms with Crippen LogP contribution in [-0.4, -0.2) is 37.3 Å². The summed E-state index contributed by atoms with van der Waals surface area (Å²) < 4.78 is 16.2. The first kappa shape index (κ1) is 19.1. The molecule has 0 saturated carbocycles. The number of rotatable bonds is 8. The molecule has 1 aromatic heterocycles. The van der Waals surface area contributed by atoms with Crippen molar-refractivity contribution in [3.8, 4) is 17.2 Å². The lowest BCUT2D eigenvalue weighted by molar-refractivity contribution is 0.210. The Hall–Kier alpha value is -2.25. The number of ether oxygens (including phenoxy) is 3. The molecule has 0 saturated heterocycles. The van der Waals surface area contributed by atoms with Crippen molar-refractivity contribution < 1.29 is 14.2 Å². The molecule has 0 spiro atoms. The summed E-state index contributed by atoms with van der Waals surface area (Å²) in [7, 11) is 3.20. The number of aromatic nitrogens is 2. The zero-order valence-electron chi connectivity index (χ0n) is 14.8. The third-order valence-electron chi connectivity index (χ3n) is 3.50. The predicted molar refractivity (Wildman–Crippen MR) is 99.0 cm³/mol. The molecule has 0 fully saturated rings. The highest BCUT2D eigenvalue weighted by Gasteiger charge is 2.16. The monoisotopic (exact) mass is 366 g/mol. The SMILES string of the molecule is COCCNc1ncc(Oc2cc(Cl)c(OC)cc2C(C)C)c(N)n1. The van der Waals surface area contributed by atoms with Gasteiger partial charge in [-0.3, -0.25) is 0 Å². The van der Waals surface area contributed by atoms with Crippen LogP contribution >= 0.6 is 11.6 Å². The molecule has 0 aliphatic heterocycles. The van der Waals surface area contributed by atoms with Gasteiger partial charge >= 0.3 is 0 Å². The average molecular weight is 367 g/mol. The second kappa shape index (κ2) is 8.73. The van der Waals surface area contributed by atoms with Crippen LogP contribution in [0.4, 0.5) is 11.8 Å². The molecule has 2 aromatic rings. The highest BCUT2D eigenvalue weighted by atomic mass is 35.5. The first-order chi connectivity index (χ1) is 12.0. The van der Waals surface area contributed by atoms with Crippen molar-refractivity contribution in [1.29, 1.82) is 0 Å². The predicted octanol–water partition coefficient (Wildman–Crippen LogP) is 3.69. The van der Waals surface area contributed by atoms with Gasteiger partial charge in [-0.2, -0.15) is 4.98 Å². The summed E-state index contributed by atoms with van der Waals surface area (Å²) in [5.74, 6) is 2.41. The molecule has 7 nitrogen and oxygen atoms in total. The van der Waals surface area contributed by atoms with Crippen LogP contribution in [-0.2, 0) is 4.74 Å². The van der Waals surface area contributed by atoms with Crippen LogP contribution in [0.25, 0.3) is 0 Å². The fourth-order valence-corrected chi connectivity index (χ4v) is 2.41. The number of benzene rings is 1. The van der Waals surface area contributed by atoms with Crippen LogP contribution in [0.2, 0.25) is 5.02 Å². The first-order valence-corrected chi connectivity index (χ1v) is 8.24. The number of nitrogen functional groups attached to an aromatic ring is 1. The van der Waals surface area contributed by atoms with Crippen LogP contribution in [0.3, 0.4) is 0 Å². The quantitative estimate of drug-likeness (QED) is 0.688. The zero-order chi connectivity index (χ0) is 18.4. The molecule has 0 atom stereocenters. The highest BCUT2D eigenvalue weighted by molar-refractivity contribution is 6.32. The summed E-state index contributed by atoms with van der Waals surface area (Å²) in [6, 6.07) is 3.57. The van der Waals surface area contributed by atoms with Crippen molar-refractivity contribution in [2.45, 2.75) is 19.8 Å². The molecule has 0 amide bonds. The van der Waals surface area contributed by atoms with Gasteiger partial charge in [0, 0.05) is 25.3 Å². The molecular formula is C17H23ClN4O3. The van der Waals surface area contributed by atoms with Crippen LogP contribution in [0.5, 0.6) is 17.2 Å². The van der Waals surface area contributed by atoms with Gasteiger partial charge in [0.05, 0.1) is 24.9 Å². The van der Waals surface area contributed by atoms with Crippen LogP contribution in [0.15, 0.2) is 18.3 Å². The molecule has 0 aliphatic carbocycles. The lowest BCUT2D eigenvalue weighted by Crippen LogP contribution is -2.11. The molecule has 0 aliphatic rings. The van der Waals surface area contributed by atoms with Crippen LogP contribution < -0.4 is 20.5 Å². The van der Waals surface area contributed by atoms with Crippen LogP contribution in [0.1, 0.15) is 25.3 Å². The van der Waals surface area contributed by atoms with Crippen molar-refractivity contribution in [3.63, 3.8) is 0 Å². The maximum atomic E-state index is 6.22. The van der Waals surface area contributed by atoms with Crippen molar-refractivity contribution in [3.05, 3.63) is 28.9 Å². The van der Waals surface area contributed by atoms with E-state index in [2.05, 4.69) is 29.1 Å². The number of nitrogens with two attached hydrogens (primary N) is 1. The molecule has 0 unspecified atom stereocenters. The van der Waals surface area contributed by atoms with E-state index in [1.165, 1.54) is 6.20 Å². The number of hydrogen-bond acceptors (Lipinski definition) is 7. The minimum Gasteiger partial charge on any atom is -0.495 e. The smallest absolute Gasteiger partial charge is 0.224 e. The van der Waals surface area contributed by atoms with Gasteiger partial charge in [-0.05, 0) is 12.0 Å². The number of anilines is 2. The maximum absolute atomic E-state index is 6.22. The summed E-state index contributed by atoms with van der Waals surface area (Å²) >= 11 is 6.22. The Morgan fingerprint density at radius 1 is 1.20 bits per heavy atom. The minimum atomic E-state index is 0.207. The van der Waals surface area contributed by atoms with Gasteiger partial charge in [0.1, 0.15) is 11.5 Å². The van der Waals surface area contributed by atoms with Crippen molar-refractivity contribution in [2.75, 3.05) is 38.4 Å². The summed E-state index contributed by atoms with van der Waals surface area (Å²) in [5, 5.41) is 3.47. The van der Waals surface area contributed by atoms with Gasteiger partial charge in [-0.15, -0.1) is 0 Å². The Labute approximate surface area is 152 Å². The number of halogens is 1. The molecule has 3 N–H and O–H groups in total. The van der Waals surface area contributed by atoms with Gasteiger partial charge in [0.25, 0.3) is 0 Å². The highest BCUT2D eigenvalue weighted by Crippen LogP contribution is 2.39. The van der Waals surface area contributed by atoms with E-state index in [1.807, 2.05) is 6.07 Å². The van der Waals surface area contributed by atoms with E-state index in [0.717, 1.165) is 5.56 Å². The van der Waals surface area contributed by atoms with Crippen LogP contribution in [0, 0.1) is 0 Å². The van der Waals surface area contributed by atoms with E-state index in [-0.39, 0.29) is 11.7 Å². The Bertz CT molecular complexity index is 725. The van der Waals surface area contributed by atoms with Crippen molar-refractivity contribution in [1.82, 2.24) is 9.97 Å². The molecule has 2 rings (SSSR count). The van der Waals surface area contributed by atoms with Gasteiger partial charge in [0.15, 0.2) is 11.6 Å². The average Bonchev–Trinajstić information content (AvgIpc) is 2.57. The number of nitrogens with zero attached hydrogens (tertiary/aromatic N) is 2.